The van der Waals surface area contributed by atoms with E-state index in [4.69, 9.17) is 0 Å². The molecule has 0 aromatic rings. The summed E-state index contributed by atoms with van der Waals surface area (Å²) in [5, 5.41) is 0. The molecule has 0 aromatic heterocycles. The Morgan fingerprint density at radius 3 is 2.07 bits per heavy atom. The average Bonchev–Trinajstić information content (AvgIpc) is 2.00. The van der Waals surface area contributed by atoms with Crippen molar-refractivity contribution in [2.75, 3.05) is 0 Å². The van der Waals surface area contributed by atoms with Gasteiger partial charge in [0.05, 0.1) is 0 Å². The smallest absolute Gasteiger partial charge is 0.133 e. The van der Waals surface area contributed by atoms with Crippen molar-refractivity contribution in [3.05, 3.63) is 0 Å². The van der Waals surface area contributed by atoms with Crippen LogP contribution in [0.15, 0.2) is 0 Å². The van der Waals surface area contributed by atoms with E-state index in [1.807, 2.05) is 6.92 Å². The number of carbonyl (C=O) groups is 2. The first-order valence-corrected chi connectivity index (χ1v) is 5.56. The third-order valence-electron chi connectivity index (χ3n) is 3.35. The van der Waals surface area contributed by atoms with Crippen LogP contribution in [0.4, 0.5) is 0 Å². The first-order valence-electron chi connectivity index (χ1n) is 5.56. The Labute approximate surface area is 93.4 Å². The average molecular weight is 212 g/mol. The summed E-state index contributed by atoms with van der Waals surface area (Å²) >= 11 is 0. The van der Waals surface area contributed by atoms with Gasteiger partial charge in [-0.15, -0.1) is 0 Å². The molecule has 0 spiro atoms. The van der Waals surface area contributed by atoms with Crippen molar-refractivity contribution in [1.82, 2.24) is 0 Å². The summed E-state index contributed by atoms with van der Waals surface area (Å²) in [6.45, 7) is 12.0. The molecule has 0 saturated heterocycles. The second kappa shape index (κ2) is 4.91. The molecule has 0 rings (SSSR count). The second-order valence-electron chi connectivity index (χ2n) is 6.03. The molecule has 15 heavy (non-hydrogen) atoms. The minimum Gasteiger partial charge on any atom is -0.303 e. The Morgan fingerprint density at radius 1 is 1.27 bits per heavy atom. The molecule has 0 amide bonds. The predicted molar refractivity (Wildman–Crippen MR) is 62.7 cm³/mol. The summed E-state index contributed by atoms with van der Waals surface area (Å²) in [4.78, 5) is 21.9. The quantitative estimate of drug-likeness (QED) is 0.633. The lowest BCUT2D eigenvalue weighted by Gasteiger charge is -2.37. The summed E-state index contributed by atoms with van der Waals surface area (Å²) in [5.41, 5.74) is -0.0622. The standard InChI is InChI=1S/C13H24O2/c1-10(11(2)15)13(5,6)9-12(3,4)7-8-14/h8,10H,7,9H2,1-6H3. The van der Waals surface area contributed by atoms with E-state index in [-0.39, 0.29) is 22.5 Å². The van der Waals surface area contributed by atoms with Crippen molar-refractivity contribution in [3.8, 4) is 0 Å². The van der Waals surface area contributed by atoms with E-state index in [1.165, 1.54) is 0 Å². The van der Waals surface area contributed by atoms with Gasteiger partial charge in [-0.05, 0) is 24.2 Å². The molecule has 0 saturated carbocycles. The van der Waals surface area contributed by atoms with Crippen LogP contribution in [0.5, 0.6) is 0 Å². The Balaban J connectivity index is 4.62. The third kappa shape index (κ3) is 4.59. The lowest BCUT2D eigenvalue weighted by molar-refractivity contribution is -0.124. The van der Waals surface area contributed by atoms with Crippen molar-refractivity contribution in [3.63, 3.8) is 0 Å². The van der Waals surface area contributed by atoms with Crippen LogP contribution in [0.1, 0.15) is 54.4 Å². The van der Waals surface area contributed by atoms with E-state index in [0.717, 1.165) is 12.7 Å². The van der Waals surface area contributed by atoms with E-state index in [9.17, 15) is 9.59 Å². The summed E-state index contributed by atoms with van der Waals surface area (Å²) in [6, 6.07) is 0. The zero-order valence-electron chi connectivity index (χ0n) is 10.9. The fourth-order valence-electron chi connectivity index (χ4n) is 2.23. The highest BCUT2D eigenvalue weighted by Crippen LogP contribution is 2.40. The van der Waals surface area contributed by atoms with Crippen molar-refractivity contribution in [1.29, 1.82) is 0 Å². The fraction of sp³-hybridized carbons (Fsp3) is 0.846. The van der Waals surface area contributed by atoms with Gasteiger partial charge in [0, 0.05) is 12.3 Å². The molecule has 0 aliphatic carbocycles. The van der Waals surface area contributed by atoms with Gasteiger partial charge in [-0.2, -0.15) is 0 Å². The molecule has 0 radical (unpaired) electrons. The van der Waals surface area contributed by atoms with Gasteiger partial charge in [-0.1, -0.05) is 34.6 Å². The summed E-state index contributed by atoms with van der Waals surface area (Å²) in [7, 11) is 0. The van der Waals surface area contributed by atoms with Crippen LogP contribution in [0.25, 0.3) is 0 Å². The van der Waals surface area contributed by atoms with Crippen molar-refractivity contribution in [2.24, 2.45) is 16.7 Å². The van der Waals surface area contributed by atoms with E-state index in [1.54, 1.807) is 6.92 Å². The molecule has 0 aromatic carbocycles. The summed E-state index contributed by atoms with van der Waals surface area (Å²) < 4.78 is 0. The molecule has 1 unspecified atom stereocenters. The topological polar surface area (TPSA) is 34.1 Å². The van der Waals surface area contributed by atoms with Crippen LogP contribution in [0.3, 0.4) is 0 Å². The molecule has 0 bridgehead atoms. The molecule has 0 aliphatic heterocycles. The van der Waals surface area contributed by atoms with E-state index >= 15 is 0 Å². The van der Waals surface area contributed by atoms with Gasteiger partial charge in [0.2, 0.25) is 0 Å². The highest BCUT2D eigenvalue weighted by Gasteiger charge is 2.34. The third-order valence-corrected chi connectivity index (χ3v) is 3.35. The Kier molecular flexibility index (Phi) is 4.69. The van der Waals surface area contributed by atoms with Gasteiger partial charge in [-0.25, -0.2) is 0 Å². The normalized spacial score (nSPS) is 14.8. The van der Waals surface area contributed by atoms with Gasteiger partial charge in [0.25, 0.3) is 0 Å². The Hall–Kier alpha value is -0.660. The van der Waals surface area contributed by atoms with Gasteiger partial charge in [0.15, 0.2) is 0 Å². The van der Waals surface area contributed by atoms with Gasteiger partial charge >= 0.3 is 0 Å². The molecule has 88 valence electrons. The second-order valence-corrected chi connectivity index (χ2v) is 6.03. The maximum atomic E-state index is 11.4. The van der Waals surface area contributed by atoms with Crippen LogP contribution in [-0.4, -0.2) is 12.1 Å². The summed E-state index contributed by atoms with van der Waals surface area (Å²) in [6.07, 6.45) is 2.41. The number of ketones is 1. The maximum Gasteiger partial charge on any atom is 0.133 e. The highest BCUT2D eigenvalue weighted by atomic mass is 16.1. The Morgan fingerprint density at radius 2 is 1.73 bits per heavy atom. The largest absolute Gasteiger partial charge is 0.303 e. The van der Waals surface area contributed by atoms with Crippen molar-refractivity contribution >= 4 is 12.1 Å². The molecule has 2 nitrogen and oxygen atoms in total. The molecule has 2 heteroatoms. The molecule has 0 N–H and O–H groups in total. The van der Waals surface area contributed by atoms with Crippen LogP contribution >= 0.6 is 0 Å². The minimum atomic E-state index is -0.0433. The minimum absolute atomic E-state index is 0.0189. The van der Waals surface area contributed by atoms with Crippen LogP contribution in [0.2, 0.25) is 0 Å². The van der Waals surface area contributed by atoms with E-state index < -0.39 is 0 Å². The van der Waals surface area contributed by atoms with Gasteiger partial charge in [0.1, 0.15) is 12.1 Å². The first kappa shape index (κ1) is 14.3. The predicted octanol–water partition coefficient (Wildman–Crippen LogP) is 3.24. The molecular formula is C13H24O2. The van der Waals surface area contributed by atoms with E-state index in [0.29, 0.717) is 6.42 Å². The van der Waals surface area contributed by atoms with Crippen LogP contribution < -0.4 is 0 Å². The zero-order valence-corrected chi connectivity index (χ0v) is 10.9. The number of aldehydes is 1. The molecule has 0 aliphatic rings. The van der Waals surface area contributed by atoms with Crippen molar-refractivity contribution < 1.29 is 9.59 Å². The molecular weight excluding hydrogens is 188 g/mol. The molecule has 0 heterocycles. The first-order chi connectivity index (χ1) is 6.62. The lowest BCUT2D eigenvalue weighted by atomic mass is 9.67. The fourth-order valence-corrected chi connectivity index (χ4v) is 2.23. The van der Waals surface area contributed by atoms with E-state index in [2.05, 4.69) is 27.7 Å². The maximum absolute atomic E-state index is 11.4. The lowest BCUT2D eigenvalue weighted by Crippen LogP contribution is -2.32. The highest BCUT2D eigenvalue weighted by molar-refractivity contribution is 5.78. The zero-order chi connectivity index (χ0) is 12.3. The molecule has 1 atom stereocenters. The number of Topliss-reactive ketones (excluding diaryl/α,β-unsaturated/α-hetero) is 1. The SMILES string of the molecule is CC(=O)C(C)C(C)(C)CC(C)(C)CC=O. The molecule has 0 fully saturated rings. The van der Waals surface area contributed by atoms with Crippen molar-refractivity contribution in [2.45, 2.75) is 54.4 Å². The van der Waals surface area contributed by atoms with Crippen LogP contribution in [0, 0.1) is 16.7 Å². The monoisotopic (exact) mass is 212 g/mol. The van der Waals surface area contributed by atoms with Gasteiger partial charge in [-0.3, -0.25) is 4.79 Å². The Bertz CT molecular complexity index is 239. The number of hydrogen-bond donors (Lipinski definition) is 0. The summed E-state index contributed by atoms with van der Waals surface area (Å²) in [5.74, 6) is 0.269. The van der Waals surface area contributed by atoms with Crippen LogP contribution in [-0.2, 0) is 9.59 Å². The number of carbonyl (C=O) groups excluding carboxylic acids is 2. The van der Waals surface area contributed by atoms with Gasteiger partial charge < -0.3 is 4.79 Å². The number of rotatable bonds is 6. The number of hydrogen-bond acceptors (Lipinski definition) is 2.